The number of amides is 1. The quantitative estimate of drug-likeness (QED) is 0.281. The van der Waals surface area contributed by atoms with E-state index in [0.29, 0.717) is 5.75 Å². The molecule has 3 nitrogen and oxygen atoms in total. The number of nitrogens with zero attached hydrogens (tertiary/aromatic N) is 1. The van der Waals surface area contributed by atoms with Gasteiger partial charge < -0.3 is 9.88 Å². The molecule has 0 fully saturated rings. The molecule has 1 aromatic heterocycles. The van der Waals surface area contributed by atoms with E-state index in [4.69, 9.17) is 0 Å². The summed E-state index contributed by atoms with van der Waals surface area (Å²) < 4.78 is 2.28. The van der Waals surface area contributed by atoms with Gasteiger partial charge in [-0.15, -0.1) is 11.8 Å². The smallest absolute Gasteiger partial charge is 0.234 e. The Labute approximate surface area is 194 Å². The molecule has 1 N–H and O–H groups in total. The van der Waals surface area contributed by atoms with Gasteiger partial charge >= 0.3 is 0 Å². The summed E-state index contributed by atoms with van der Waals surface area (Å²) in [6.45, 7) is 5.17. The van der Waals surface area contributed by atoms with Gasteiger partial charge in [-0.3, -0.25) is 4.79 Å². The maximum Gasteiger partial charge on any atom is 0.234 e. The first kappa shape index (κ1) is 22.2. The predicted octanol–water partition coefficient (Wildman–Crippen LogP) is 7.07. The van der Waals surface area contributed by atoms with Crippen LogP contribution >= 0.6 is 11.8 Å². The van der Waals surface area contributed by atoms with Crippen LogP contribution < -0.4 is 5.32 Å². The fourth-order valence-electron chi connectivity index (χ4n) is 3.91. The number of aryl methyl sites for hydroxylation is 2. The van der Waals surface area contributed by atoms with Crippen LogP contribution in [0.25, 0.3) is 10.9 Å². The van der Waals surface area contributed by atoms with Gasteiger partial charge in [0.2, 0.25) is 5.91 Å². The van der Waals surface area contributed by atoms with Gasteiger partial charge in [-0.05, 0) is 54.7 Å². The number of unbranched alkanes of at least 4 members (excludes halogenated alkanes) is 1. The van der Waals surface area contributed by atoms with E-state index < -0.39 is 0 Å². The number of anilines is 1. The summed E-state index contributed by atoms with van der Waals surface area (Å²) in [5, 5.41) is 4.22. The highest BCUT2D eigenvalue weighted by atomic mass is 32.2. The largest absolute Gasteiger partial charge is 0.342 e. The van der Waals surface area contributed by atoms with E-state index in [2.05, 4.69) is 90.6 Å². The minimum absolute atomic E-state index is 0.0204. The van der Waals surface area contributed by atoms with Crippen LogP contribution in [0.3, 0.4) is 0 Å². The molecule has 0 spiro atoms. The maximum absolute atomic E-state index is 12.6. The summed E-state index contributed by atoms with van der Waals surface area (Å²) in [5.41, 5.74) is 5.98. The molecule has 0 unspecified atom stereocenters. The summed E-state index contributed by atoms with van der Waals surface area (Å²) in [5.74, 6) is 0.405. The average molecular weight is 443 g/mol. The predicted molar refractivity (Wildman–Crippen MR) is 137 cm³/mol. The number of hydrogen-bond acceptors (Lipinski definition) is 2. The minimum Gasteiger partial charge on any atom is -0.342 e. The number of thioether (sulfide) groups is 1. The number of carbonyl (C=O) groups excluding carboxylic acids is 1. The van der Waals surface area contributed by atoms with Crippen molar-refractivity contribution in [3.63, 3.8) is 0 Å². The highest BCUT2D eigenvalue weighted by molar-refractivity contribution is 8.00. The van der Waals surface area contributed by atoms with Crippen LogP contribution in [0.5, 0.6) is 0 Å². The summed E-state index contributed by atoms with van der Waals surface area (Å²) >= 11 is 1.59. The number of hydrogen-bond donors (Lipinski definition) is 1. The molecule has 0 aliphatic rings. The van der Waals surface area contributed by atoms with Gasteiger partial charge in [0, 0.05) is 34.2 Å². The SMILES string of the molecule is CCCCc1ccc(NC(=O)CSc2cn(Cc3ccccc3C)c3ccccc23)cc1. The highest BCUT2D eigenvalue weighted by Gasteiger charge is 2.12. The minimum atomic E-state index is 0.0204. The number of fused-ring (bicyclic) bond motifs is 1. The van der Waals surface area contributed by atoms with E-state index in [0.717, 1.165) is 23.5 Å². The van der Waals surface area contributed by atoms with Gasteiger partial charge in [0.15, 0.2) is 0 Å². The zero-order chi connectivity index (χ0) is 22.3. The van der Waals surface area contributed by atoms with E-state index in [1.165, 1.54) is 40.4 Å². The topological polar surface area (TPSA) is 34.0 Å². The lowest BCUT2D eigenvalue weighted by Crippen LogP contribution is -2.13. The van der Waals surface area contributed by atoms with Crippen molar-refractivity contribution in [1.82, 2.24) is 4.57 Å². The number of aromatic nitrogens is 1. The molecule has 4 rings (SSSR count). The standard InChI is InChI=1S/C28H30N2OS/c1-3-4-10-22-14-16-24(17-15-22)29-28(31)20-32-27-19-30(26-13-8-7-12-25(26)27)18-23-11-6-5-9-21(23)2/h5-9,11-17,19H,3-4,10,18,20H2,1-2H3,(H,29,31). The molecule has 164 valence electrons. The zero-order valence-electron chi connectivity index (χ0n) is 18.8. The molecular formula is C28H30N2OS. The first-order valence-electron chi connectivity index (χ1n) is 11.3. The van der Waals surface area contributed by atoms with Crippen molar-refractivity contribution in [2.24, 2.45) is 0 Å². The Balaban J connectivity index is 1.43. The Morgan fingerprint density at radius 1 is 0.969 bits per heavy atom. The average Bonchev–Trinajstić information content (AvgIpc) is 3.16. The van der Waals surface area contributed by atoms with Gasteiger partial charge in [-0.25, -0.2) is 0 Å². The molecule has 0 saturated carbocycles. The lowest BCUT2D eigenvalue weighted by molar-refractivity contribution is -0.113. The molecule has 0 saturated heterocycles. The molecule has 4 aromatic rings. The molecular weight excluding hydrogens is 412 g/mol. The van der Waals surface area contributed by atoms with Crippen molar-refractivity contribution in [2.75, 3.05) is 11.1 Å². The van der Waals surface area contributed by atoms with Gasteiger partial charge in [0.05, 0.1) is 5.75 Å². The lowest BCUT2D eigenvalue weighted by Gasteiger charge is -2.08. The molecule has 0 aliphatic heterocycles. The normalized spacial score (nSPS) is 11.1. The fraction of sp³-hybridized carbons (Fsp3) is 0.250. The molecule has 1 heterocycles. The number of nitrogens with one attached hydrogen (secondary N) is 1. The number of rotatable bonds is 9. The van der Waals surface area contributed by atoms with E-state index in [1.54, 1.807) is 11.8 Å². The molecule has 0 aliphatic carbocycles. The maximum atomic E-state index is 12.6. The second-order valence-corrected chi connectivity index (χ2v) is 9.22. The first-order chi connectivity index (χ1) is 15.6. The third kappa shape index (κ3) is 5.43. The molecule has 1 amide bonds. The summed E-state index contributed by atoms with van der Waals surface area (Å²) in [6, 6.07) is 25.1. The van der Waals surface area contributed by atoms with E-state index >= 15 is 0 Å². The Hall–Kier alpha value is -2.98. The van der Waals surface area contributed by atoms with Gasteiger partial charge in [0.25, 0.3) is 0 Å². The van der Waals surface area contributed by atoms with Crippen LogP contribution in [-0.2, 0) is 17.8 Å². The van der Waals surface area contributed by atoms with Crippen LogP contribution in [0.2, 0.25) is 0 Å². The van der Waals surface area contributed by atoms with Gasteiger partial charge in [0.1, 0.15) is 0 Å². The van der Waals surface area contributed by atoms with Crippen molar-refractivity contribution in [1.29, 1.82) is 0 Å². The highest BCUT2D eigenvalue weighted by Crippen LogP contribution is 2.31. The first-order valence-corrected chi connectivity index (χ1v) is 12.3. The lowest BCUT2D eigenvalue weighted by atomic mass is 10.1. The number of benzene rings is 3. The van der Waals surface area contributed by atoms with Crippen molar-refractivity contribution >= 4 is 34.3 Å². The molecule has 0 radical (unpaired) electrons. The van der Waals surface area contributed by atoms with Crippen LogP contribution in [0.1, 0.15) is 36.5 Å². The van der Waals surface area contributed by atoms with E-state index in [9.17, 15) is 4.79 Å². The van der Waals surface area contributed by atoms with Crippen molar-refractivity contribution in [2.45, 2.75) is 44.6 Å². The summed E-state index contributed by atoms with van der Waals surface area (Å²) in [6.07, 6.45) is 5.65. The van der Waals surface area contributed by atoms with Crippen LogP contribution in [0.15, 0.2) is 83.9 Å². The van der Waals surface area contributed by atoms with Crippen LogP contribution in [0.4, 0.5) is 5.69 Å². The summed E-state index contributed by atoms with van der Waals surface area (Å²) in [7, 11) is 0. The Bertz CT molecular complexity index is 1190. The third-order valence-corrected chi connectivity index (χ3v) is 6.81. The van der Waals surface area contributed by atoms with Gasteiger partial charge in [-0.1, -0.05) is 67.9 Å². The Kier molecular flexibility index (Phi) is 7.33. The fourth-order valence-corrected chi connectivity index (χ4v) is 4.79. The number of para-hydroxylation sites is 1. The van der Waals surface area contributed by atoms with E-state index in [1.807, 2.05) is 12.1 Å². The Morgan fingerprint density at radius 3 is 2.50 bits per heavy atom. The Morgan fingerprint density at radius 2 is 1.72 bits per heavy atom. The van der Waals surface area contributed by atoms with E-state index in [-0.39, 0.29) is 5.91 Å². The van der Waals surface area contributed by atoms with Crippen molar-refractivity contribution in [3.05, 3.63) is 95.7 Å². The van der Waals surface area contributed by atoms with Crippen molar-refractivity contribution < 1.29 is 4.79 Å². The van der Waals surface area contributed by atoms with Crippen molar-refractivity contribution in [3.8, 4) is 0 Å². The zero-order valence-corrected chi connectivity index (χ0v) is 19.6. The molecule has 0 bridgehead atoms. The second kappa shape index (κ2) is 10.6. The second-order valence-electron chi connectivity index (χ2n) is 8.20. The molecule has 0 atom stereocenters. The third-order valence-electron chi connectivity index (χ3n) is 5.77. The van der Waals surface area contributed by atoms with Crippen LogP contribution in [0, 0.1) is 6.92 Å². The van der Waals surface area contributed by atoms with Gasteiger partial charge in [-0.2, -0.15) is 0 Å². The summed E-state index contributed by atoms with van der Waals surface area (Å²) in [4.78, 5) is 13.7. The molecule has 3 aromatic carbocycles. The molecule has 4 heteroatoms. The number of carbonyl (C=O) groups is 1. The molecule has 32 heavy (non-hydrogen) atoms. The monoisotopic (exact) mass is 442 g/mol. The van der Waals surface area contributed by atoms with Crippen LogP contribution in [-0.4, -0.2) is 16.2 Å².